The summed E-state index contributed by atoms with van der Waals surface area (Å²) in [5, 5.41) is 7.16. The number of aryl methyl sites for hydroxylation is 2. The Hall–Kier alpha value is -1.91. The van der Waals surface area contributed by atoms with E-state index in [-0.39, 0.29) is 0 Å². The van der Waals surface area contributed by atoms with Crippen LogP contribution in [0.1, 0.15) is 12.6 Å². The van der Waals surface area contributed by atoms with Crippen molar-refractivity contribution >= 4 is 5.82 Å². The van der Waals surface area contributed by atoms with E-state index in [0.29, 0.717) is 5.82 Å². The Kier molecular flexibility index (Phi) is 2.85. The Bertz CT molecular complexity index is 467. The highest BCUT2D eigenvalue weighted by Crippen LogP contribution is 2.16. The molecule has 2 aromatic heterocycles. The van der Waals surface area contributed by atoms with Gasteiger partial charge in [-0.15, -0.1) is 0 Å². The second-order valence-corrected chi connectivity index (χ2v) is 3.51. The Balaban J connectivity index is 2.52. The van der Waals surface area contributed by atoms with Gasteiger partial charge in [-0.25, -0.2) is 9.97 Å². The molecule has 0 saturated carbocycles. The highest BCUT2D eigenvalue weighted by atomic mass is 15.3. The fraction of sp³-hybridized carbons (Fsp3) is 0.364. The molecule has 84 valence electrons. The lowest BCUT2D eigenvalue weighted by molar-refractivity contribution is 0.768. The number of aromatic nitrogens is 4. The van der Waals surface area contributed by atoms with Gasteiger partial charge in [0.15, 0.2) is 5.82 Å². The largest absolute Gasteiger partial charge is 0.373 e. The minimum absolute atomic E-state index is 0.712. The smallest absolute Gasteiger partial charge is 0.180 e. The van der Waals surface area contributed by atoms with Crippen LogP contribution in [-0.2, 0) is 13.5 Å². The zero-order valence-electron chi connectivity index (χ0n) is 9.73. The molecule has 0 unspecified atom stereocenters. The second kappa shape index (κ2) is 4.30. The van der Waals surface area contributed by atoms with E-state index in [0.717, 1.165) is 23.6 Å². The van der Waals surface area contributed by atoms with Crippen LogP contribution in [-0.4, -0.2) is 26.8 Å². The maximum atomic E-state index is 4.49. The summed E-state index contributed by atoms with van der Waals surface area (Å²) in [5.74, 6) is 1.55. The molecular formula is C11H15N5. The van der Waals surface area contributed by atoms with Crippen molar-refractivity contribution in [2.75, 3.05) is 12.4 Å². The second-order valence-electron chi connectivity index (χ2n) is 3.51. The predicted octanol–water partition coefficient (Wildman–Crippen LogP) is 1.48. The van der Waals surface area contributed by atoms with Crippen LogP contribution in [0.3, 0.4) is 0 Å². The predicted molar refractivity (Wildman–Crippen MR) is 63.2 cm³/mol. The van der Waals surface area contributed by atoms with Gasteiger partial charge in [0, 0.05) is 32.1 Å². The number of anilines is 1. The quantitative estimate of drug-likeness (QED) is 0.846. The molecule has 0 aliphatic carbocycles. The summed E-state index contributed by atoms with van der Waals surface area (Å²) in [6.07, 6.45) is 2.64. The zero-order valence-corrected chi connectivity index (χ0v) is 9.73. The van der Waals surface area contributed by atoms with Crippen molar-refractivity contribution in [1.29, 1.82) is 0 Å². The van der Waals surface area contributed by atoms with E-state index in [9.17, 15) is 0 Å². The van der Waals surface area contributed by atoms with Gasteiger partial charge in [0.25, 0.3) is 0 Å². The van der Waals surface area contributed by atoms with Crippen molar-refractivity contribution < 1.29 is 0 Å². The molecule has 1 N–H and O–H groups in total. The lowest BCUT2D eigenvalue weighted by Gasteiger charge is -2.06. The molecule has 0 aliphatic rings. The number of rotatable bonds is 3. The van der Waals surface area contributed by atoms with Gasteiger partial charge >= 0.3 is 0 Å². The third kappa shape index (κ3) is 1.88. The molecule has 5 heteroatoms. The van der Waals surface area contributed by atoms with Crippen molar-refractivity contribution in [1.82, 2.24) is 19.7 Å². The molecule has 0 spiro atoms. The average Bonchev–Trinajstić information content (AvgIpc) is 2.74. The van der Waals surface area contributed by atoms with E-state index in [1.54, 1.807) is 10.9 Å². The molecule has 2 rings (SSSR count). The van der Waals surface area contributed by atoms with Gasteiger partial charge in [0.05, 0.1) is 0 Å². The third-order valence-corrected chi connectivity index (χ3v) is 2.45. The van der Waals surface area contributed by atoms with Gasteiger partial charge in [0.2, 0.25) is 0 Å². The Morgan fingerprint density at radius 1 is 1.38 bits per heavy atom. The number of nitrogens with one attached hydrogen (secondary N) is 1. The zero-order chi connectivity index (χ0) is 11.5. The van der Waals surface area contributed by atoms with E-state index < -0.39 is 0 Å². The lowest BCUT2D eigenvalue weighted by atomic mass is 10.3. The minimum Gasteiger partial charge on any atom is -0.373 e. The first-order valence-electron chi connectivity index (χ1n) is 5.28. The molecule has 0 saturated heterocycles. The van der Waals surface area contributed by atoms with E-state index in [1.807, 2.05) is 26.2 Å². The molecule has 0 atom stereocenters. The first-order chi connectivity index (χ1) is 7.74. The maximum absolute atomic E-state index is 4.49. The van der Waals surface area contributed by atoms with Crippen LogP contribution in [0.15, 0.2) is 18.3 Å². The average molecular weight is 217 g/mol. The van der Waals surface area contributed by atoms with Crippen LogP contribution in [0.2, 0.25) is 0 Å². The molecule has 0 radical (unpaired) electrons. The fourth-order valence-electron chi connectivity index (χ4n) is 1.51. The molecule has 0 bridgehead atoms. The maximum Gasteiger partial charge on any atom is 0.180 e. The first-order valence-corrected chi connectivity index (χ1v) is 5.28. The van der Waals surface area contributed by atoms with Crippen molar-refractivity contribution in [3.05, 3.63) is 24.0 Å². The summed E-state index contributed by atoms with van der Waals surface area (Å²) in [6.45, 7) is 2.08. The number of hydrogen-bond acceptors (Lipinski definition) is 4. The summed E-state index contributed by atoms with van der Waals surface area (Å²) >= 11 is 0. The van der Waals surface area contributed by atoms with Gasteiger partial charge < -0.3 is 5.32 Å². The number of nitrogens with zero attached hydrogens (tertiary/aromatic N) is 4. The van der Waals surface area contributed by atoms with Crippen LogP contribution in [0, 0.1) is 0 Å². The lowest BCUT2D eigenvalue weighted by Crippen LogP contribution is -2.03. The van der Waals surface area contributed by atoms with Crippen molar-refractivity contribution in [2.24, 2.45) is 7.05 Å². The van der Waals surface area contributed by atoms with Gasteiger partial charge in [-0.1, -0.05) is 6.92 Å². The van der Waals surface area contributed by atoms with Crippen molar-refractivity contribution in [2.45, 2.75) is 13.3 Å². The number of hydrogen-bond donors (Lipinski definition) is 1. The van der Waals surface area contributed by atoms with E-state index >= 15 is 0 Å². The first kappa shape index (κ1) is 10.6. The molecule has 2 heterocycles. The van der Waals surface area contributed by atoms with Crippen molar-refractivity contribution in [3.8, 4) is 11.5 Å². The van der Waals surface area contributed by atoms with Crippen LogP contribution >= 0.6 is 0 Å². The van der Waals surface area contributed by atoms with E-state index in [2.05, 4.69) is 27.3 Å². The molecule has 5 nitrogen and oxygen atoms in total. The highest BCUT2D eigenvalue weighted by Gasteiger charge is 2.08. The fourth-order valence-corrected chi connectivity index (χ4v) is 1.51. The standard InChI is InChI=1S/C11H15N5/c1-4-8-7-10(12-2)15-11(14-8)9-5-6-13-16(9)3/h5-7H,4H2,1-3H3,(H,12,14,15). The van der Waals surface area contributed by atoms with Gasteiger partial charge in [-0.2, -0.15) is 5.10 Å². The topological polar surface area (TPSA) is 55.6 Å². The van der Waals surface area contributed by atoms with E-state index in [1.165, 1.54) is 0 Å². The van der Waals surface area contributed by atoms with Gasteiger partial charge in [0.1, 0.15) is 11.5 Å². The molecule has 0 fully saturated rings. The van der Waals surface area contributed by atoms with Gasteiger partial charge in [-0.3, -0.25) is 4.68 Å². The SMILES string of the molecule is CCc1cc(NC)nc(-c2ccnn2C)n1. The van der Waals surface area contributed by atoms with Crippen LogP contribution in [0.5, 0.6) is 0 Å². The van der Waals surface area contributed by atoms with Crippen LogP contribution in [0.25, 0.3) is 11.5 Å². The summed E-state index contributed by atoms with van der Waals surface area (Å²) in [4.78, 5) is 8.91. The van der Waals surface area contributed by atoms with E-state index in [4.69, 9.17) is 0 Å². The van der Waals surface area contributed by atoms with Crippen LogP contribution < -0.4 is 5.32 Å². The van der Waals surface area contributed by atoms with Crippen molar-refractivity contribution in [3.63, 3.8) is 0 Å². The Morgan fingerprint density at radius 3 is 2.75 bits per heavy atom. The summed E-state index contributed by atoms with van der Waals surface area (Å²) in [6, 6.07) is 3.87. The van der Waals surface area contributed by atoms with Gasteiger partial charge in [-0.05, 0) is 12.5 Å². The minimum atomic E-state index is 0.712. The molecule has 2 aromatic rings. The van der Waals surface area contributed by atoms with Crippen LogP contribution in [0.4, 0.5) is 5.82 Å². The monoisotopic (exact) mass is 217 g/mol. The molecule has 0 amide bonds. The summed E-state index contributed by atoms with van der Waals surface area (Å²) in [7, 11) is 3.74. The third-order valence-electron chi connectivity index (χ3n) is 2.45. The Labute approximate surface area is 94.5 Å². The summed E-state index contributed by atoms with van der Waals surface area (Å²) in [5.41, 5.74) is 1.95. The molecule has 16 heavy (non-hydrogen) atoms. The highest BCUT2D eigenvalue weighted by molar-refractivity contribution is 5.53. The Morgan fingerprint density at radius 2 is 2.19 bits per heavy atom. The molecule has 0 aromatic carbocycles. The molecular weight excluding hydrogens is 202 g/mol. The molecule has 0 aliphatic heterocycles. The normalized spacial score (nSPS) is 10.4. The summed E-state index contributed by atoms with van der Waals surface area (Å²) < 4.78 is 1.77.